The van der Waals surface area contributed by atoms with Crippen LogP contribution in [0.1, 0.15) is 18.1 Å². The zero-order valence-electron chi connectivity index (χ0n) is 13.6. The van der Waals surface area contributed by atoms with Crippen molar-refractivity contribution in [1.82, 2.24) is 0 Å². The van der Waals surface area contributed by atoms with Gasteiger partial charge >= 0.3 is 12.4 Å². The molecule has 0 amide bonds. The summed E-state index contributed by atoms with van der Waals surface area (Å²) in [6.07, 6.45) is -11.4. The van der Waals surface area contributed by atoms with Crippen LogP contribution >= 0.6 is 31.9 Å². The summed E-state index contributed by atoms with van der Waals surface area (Å²) in [5.74, 6) is -0.360. The van der Waals surface area contributed by atoms with Gasteiger partial charge in [-0.15, -0.1) is 0 Å². The maximum Gasteiger partial charge on any atom is 0.411 e. The Bertz CT molecular complexity index is 802. The lowest BCUT2D eigenvalue weighted by atomic mass is 9.73. The van der Waals surface area contributed by atoms with Gasteiger partial charge in [0.1, 0.15) is 11.5 Å². The van der Waals surface area contributed by atoms with Crippen LogP contribution in [0.15, 0.2) is 45.3 Å². The van der Waals surface area contributed by atoms with Crippen molar-refractivity contribution in [1.29, 1.82) is 0 Å². The van der Waals surface area contributed by atoms with Crippen LogP contribution < -0.4 is 4.74 Å². The van der Waals surface area contributed by atoms with E-state index in [0.29, 0.717) is 6.07 Å². The Labute approximate surface area is 167 Å². The molecule has 0 atom stereocenters. The number of ether oxygens (including phenoxy) is 1. The van der Waals surface area contributed by atoms with Crippen molar-refractivity contribution in [2.75, 3.05) is 6.61 Å². The van der Waals surface area contributed by atoms with Crippen LogP contribution in [0.2, 0.25) is 0 Å². The van der Waals surface area contributed by atoms with E-state index >= 15 is 0 Å². The summed E-state index contributed by atoms with van der Waals surface area (Å²) in [6, 6.07) is 4.96. The zero-order chi connectivity index (χ0) is 20.6. The van der Waals surface area contributed by atoms with Gasteiger partial charge in [-0.2, -0.15) is 26.3 Å². The van der Waals surface area contributed by atoms with Gasteiger partial charge in [0.2, 0.25) is 5.41 Å². The molecule has 1 N–H and O–H groups in total. The highest BCUT2D eigenvalue weighted by Crippen LogP contribution is 2.58. The first kappa shape index (κ1) is 21.9. The van der Waals surface area contributed by atoms with Crippen LogP contribution in [0.25, 0.3) is 0 Å². The van der Waals surface area contributed by atoms with Crippen LogP contribution in [0, 0.1) is 0 Å². The second kappa shape index (κ2) is 7.54. The summed E-state index contributed by atoms with van der Waals surface area (Å²) in [6.45, 7) is 1.84. The largest absolute Gasteiger partial charge is 0.507 e. The first-order chi connectivity index (χ1) is 12.4. The van der Waals surface area contributed by atoms with Gasteiger partial charge in [-0.3, -0.25) is 0 Å². The Balaban J connectivity index is 2.90. The summed E-state index contributed by atoms with van der Waals surface area (Å²) >= 11 is 5.52. The lowest BCUT2D eigenvalue weighted by molar-refractivity contribution is -0.288. The number of phenols is 1. The highest BCUT2D eigenvalue weighted by Gasteiger charge is 2.73. The molecule has 0 aliphatic carbocycles. The van der Waals surface area contributed by atoms with Crippen molar-refractivity contribution in [2.45, 2.75) is 24.7 Å². The van der Waals surface area contributed by atoms with Crippen molar-refractivity contribution < 1.29 is 36.2 Å². The van der Waals surface area contributed by atoms with Crippen molar-refractivity contribution in [3.8, 4) is 11.5 Å². The predicted molar refractivity (Wildman–Crippen MR) is 94.0 cm³/mol. The number of hydrogen-bond acceptors (Lipinski definition) is 2. The van der Waals surface area contributed by atoms with Crippen LogP contribution in [0.4, 0.5) is 26.3 Å². The van der Waals surface area contributed by atoms with Gasteiger partial charge in [0.25, 0.3) is 0 Å². The third-order valence-electron chi connectivity index (χ3n) is 3.89. The second-order valence-corrected chi connectivity index (χ2v) is 7.20. The SMILES string of the molecule is CCOc1ccc(C(c2cc(Br)c(O)cc2Br)(C(F)(F)F)C(F)(F)F)cc1. The lowest BCUT2D eigenvalue weighted by Crippen LogP contribution is -2.55. The predicted octanol–water partition coefficient (Wildman–Crippen LogP) is 6.73. The van der Waals surface area contributed by atoms with E-state index < -0.39 is 39.1 Å². The van der Waals surface area contributed by atoms with E-state index in [-0.39, 0.29) is 16.8 Å². The van der Waals surface area contributed by atoms with E-state index in [1.807, 2.05) is 0 Å². The maximum absolute atomic E-state index is 14.1. The molecule has 2 rings (SSSR count). The molecule has 148 valence electrons. The van der Waals surface area contributed by atoms with Crippen molar-refractivity contribution in [3.63, 3.8) is 0 Å². The van der Waals surface area contributed by atoms with Gasteiger partial charge in [0, 0.05) is 4.47 Å². The highest BCUT2D eigenvalue weighted by atomic mass is 79.9. The Kier molecular flexibility index (Phi) is 6.11. The minimum absolute atomic E-state index is 0.144. The molecule has 10 heteroatoms. The molecule has 0 bridgehead atoms. The maximum atomic E-state index is 14.1. The standard InChI is InChI=1S/C17H12Br2F6O2/c1-2-27-10-5-3-9(4-6-10)15(16(20,21)22,17(23,24)25)11-7-13(19)14(26)8-12(11)18/h3-8,26H,2H2,1H3. The number of rotatable bonds is 4. The van der Waals surface area contributed by atoms with E-state index in [2.05, 4.69) is 31.9 Å². The van der Waals surface area contributed by atoms with Gasteiger partial charge in [-0.05, 0) is 58.2 Å². The zero-order valence-corrected chi connectivity index (χ0v) is 16.7. The molecule has 0 heterocycles. The number of benzene rings is 2. The number of halogens is 8. The Hall–Kier alpha value is -1.42. The topological polar surface area (TPSA) is 29.5 Å². The lowest BCUT2D eigenvalue weighted by Gasteiger charge is -2.39. The van der Waals surface area contributed by atoms with Gasteiger partial charge < -0.3 is 9.84 Å². The normalized spacial score (nSPS) is 12.9. The van der Waals surface area contributed by atoms with Crippen LogP contribution in [0.3, 0.4) is 0 Å². The summed E-state index contributed by atoms with van der Waals surface area (Å²) in [7, 11) is 0. The fourth-order valence-corrected chi connectivity index (χ4v) is 3.71. The summed E-state index contributed by atoms with van der Waals surface area (Å²) in [5.41, 5.74) is -6.44. The molecule has 2 nitrogen and oxygen atoms in total. The Morgan fingerprint density at radius 2 is 1.41 bits per heavy atom. The van der Waals surface area contributed by atoms with Gasteiger partial charge in [0.05, 0.1) is 11.1 Å². The molecule has 0 aromatic heterocycles. The van der Waals surface area contributed by atoms with E-state index in [4.69, 9.17) is 4.74 Å². The average molecular weight is 522 g/mol. The fourth-order valence-electron chi connectivity index (χ4n) is 2.74. The average Bonchev–Trinajstić information content (AvgIpc) is 2.52. The number of alkyl halides is 6. The molecule has 2 aromatic rings. The molecule has 0 fully saturated rings. The molecule has 0 spiro atoms. The monoisotopic (exact) mass is 520 g/mol. The molecule has 0 unspecified atom stereocenters. The molecular formula is C17H12Br2F6O2. The molecule has 0 aliphatic rings. The van der Waals surface area contributed by atoms with Gasteiger partial charge in [-0.25, -0.2) is 0 Å². The minimum Gasteiger partial charge on any atom is -0.507 e. The van der Waals surface area contributed by atoms with E-state index in [1.165, 1.54) is 0 Å². The number of aromatic hydroxyl groups is 1. The Morgan fingerprint density at radius 3 is 1.85 bits per heavy atom. The van der Waals surface area contributed by atoms with Crippen molar-refractivity contribution in [2.24, 2.45) is 0 Å². The van der Waals surface area contributed by atoms with Crippen LogP contribution in [0.5, 0.6) is 11.5 Å². The minimum atomic E-state index is -5.72. The van der Waals surface area contributed by atoms with Crippen molar-refractivity contribution in [3.05, 3.63) is 56.5 Å². The second-order valence-electron chi connectivity index (χ2n) is 5.49. The quantitative estimate of drug-likeness (QED) is 0.452. The Morgan fingerprint density at radius 1 is 0.889 bits per heavy atom. The van der Waals surface area contributed by atoms with E-state index in [1.54, 1.807) is 6.92 Å². The molecular weight excluding hydrogens is 510 g/mol. The first-order valence-electron chi connectivity index (χ1n) is 7.41. The molecule has 0 saturated carbocycles. The summed E-state index contributed by atoms with van der Waals surface area (Å²) < 4.78 is 88.6. The molecule has 0 aliphatic heterocycles. The van der Waals surface area contributed by atoms with E-state index in [9.17, 15) is 31.4 Å². The molecule has 0 radical (unpaired) electrons. The summed E-state index contributed by atoms with van der Waals surface area (Å²) in [5, 5.41) is 9.61. The van der Waals surface area contributed by atoms with Crippen LogP contribution in [-0.4, -0.2) is 24.1 Å². The van der Waals surface area contributed by atoms with Gasteiger partial charge in [0.15, 0.2) is 0 Å². The van der Waals surface area contributed by atoms with Gasteiger partial charge in [-0.1, -0.05) is 28.1 Å². The number of phenolic OH excluding ortho intramolecular Hbond substituents is 1. The first-order valence-corrected chi connectivity index (χ1v) is 9.00. The van der Waals surface area contributed by atoms with Crippen LogP contribution in [-0.2, 0) is 5.41 Å². The third kappa shape index (κ3) is 3.78. The molecule has 2 aromatic carbocycles. The smallest absolute Gasteiger partial charge is 0.411 e. The summed E-state index contributed by atoms with van der Waals surface area (Å²) in [4.78, 5) is 0. The molecule has 27 heavy (non-hydrogen) atoms. The third-order valence-corrected chi connectivity index (χ3v) is 5.18. The van der Waals surface area contributed by atoms with Crippen molar-refractivity contribution >= 4 is 31.9 Å². The number of hydrogen-bond donors (Lipinski definition) is 1. The van der Waals surface area contributed by atoms with E-state index in [0.717, 1.165) is 30.3 Å². The fraction of sp³-hybridized carbons (Fsp3) is 0.294. The molecule has 0 saturated heterocycles. The highest BCUT2D eigenvalue weighted by molar-refractivity contribution is 9.11.